The molecule has 0 saturated carbocycles. The van der Waals surface area contributed by atoms with Gasteiger partial charge in [-0.25, -0.2) is 4.68 Å². The maximum absolute atomic E-state index is 11.3. The molecule has 5 nitrogen and oxygen atoms in total. The van der Waals surface area contributed by atoms with Gasteiger partial charge in [0.1, 0.15) is 0 Å². The maximum Gasteiger partial charge on any atom is 0.250 e. The molecule has 4 N–H and O–H groups in total. The molecule has 0 spiro atoms. The fourth-order valence-corrected chi connectivity index (χ4v) is 2.12. The topological polar surface area (TPSA) is 86.9 Å². The number of nitrogens with zero attached hydrogens (tertiary/aromatic N) is 2. The van der Waals surface area contributed by atoms with Crippen molar-refractivity contribution in [3.8, 4) is 5.69 Å². The van der Waals surface area contributed by atoms with Crippen LogP contribution in [0.15, 0.2) is 48.7 Å². The highest BCUT2D eigenvalue weighted by Gasteiger charge is 2.12. The molecule has 0 atom stereocenters. The lowest BCUT2D eigenvalue weighted by atomic mass is 10.1. The number of aromatic nitrogens is 2. The number of hydrogen-bond acceptors (Lipinski definition) is 3. The summed E-state index contributed by atoms with van der Waals surface area (Å²) >= 11 is 0. The van der Waals surface area contributed by atoms with E-state index >= 15 is 0 Å². The van der Waals surface area contributed by atoms with Gasteiger partial charge in [0.15, 0.2) is 0 Å². The number of benzene rings is 2. The fraction of sp³-hybridized carbons (Fsp3) is 0. The number of para-hydroxylation sites is 2. The predicted molar refractivity (Wildman–Crippen MR) is 74.0 cm³/mol. The lowest BCUT2D eigenvalue weighted by Gasteiger charge is -2.09. The van der Waals surface area contributed by atoms with Crippen LogP contribution in [0.2, 0.25) is 0 Å². The minimum atomic E-state index is -0.546. The SMILES string of the molecule is NC(=O)c1cccc(-n2ncc3ccccc32)c1N. The van der Waals surface area contributed by atoms with E-state index in [1.165, 1.54) is 0 Å². The zero-order chi connectivity index (χ0) is 13.4. The molecule has 1 aromatic heterocycles. The van der Waals surface area contributed by atoms with E-state index in [1.807, 2.05) is 24.3 Å². The highest BCUT2D eigenvalue weighted by atomic mass is 16.1. The quantitative estimate of drug-likeness (QED) is 0.680. The van der Waals surface area contributed by atoms with Crippen LogP contribution in [-0.2, 0) is 0 Å². The summed E-state index contributed by atoms with van der Waals surface area (Å²) < 4.78 is 1.71. The summed E-state index contributed by atoms with van der Waals surface area (Å²) in [5.41, 5.74) is 13.5. The average molecular weight is 252 g/mol. The molecule has 1 amide bonds. The lowest BCUT2D eigenvalue weighted by molar-refractivity contribution is 0.100. The molecule has 3 rings (SSSR count). The average Bonchev–Trinajstić information content (AvgIpc) is 2.82. The monoisotopic (exact) mass is 252 g/mol. The van der Waals surface area contributed by atoms with Gasteiger partial charge in [0.2, 0.25) is 0 Å². The van der Waals surface area contributed by atoms with Crippen LogP contribution in [0.25, 0.3) is 16.6 Å². The molecule has 2 aromatic carbocycles. The highest BCUT2D eigenvalue weighted by molar-refractivity contribution is 6.00. The first-order valence-corrected chi connectivity index (χ1v) is 5.80. The summed E-state index contributed by atoms with van der Waals surface area (Å²) in [6.45, 7) is 0. The summed E-state index contributed by atoms with van der Waals surface area (Å²) in [7, 11) is 0. The van der Waals surface area contributed by atoms with E-state index < -0.39 is 5.91 Å². The van der Waals surface area contributed by atoms with Gasteiger partial charge in [-0.2, -0.15) is 5.10 Å². The second-order valence-corrected chi connectivity index (χ2v) is 4.22. The second-order valence-electron chi connectivity index (χ2n) is 4.22. The van der Waals surface area contributed by atoms with E-state index in [-0.39, 0.29) is 0 Å². The van der Waals surface area contributed by atoms with Crippen molar-refractivity contribution >= 4 is 22.5 Å². The lowest BCUT2D eigenvalue weighted by Crippen LogP contribution is -2.15. The van der Waals surface area contributed by atoms with Gasteiger partial charge in [0.05, 0.1) is 28.7 Å². The molecule has 0 saturated heterocycles. The molecule has 5 heteroatoms. The molecule has 1 heterocycles. The molecule has 0 aliphatic heterocycles. The number of primary amides is 1. The third kappa shape index (κ3) is 1.72. The van der Waals surface area contributed by atoms with Crippen LogP contribution < -0.4 is 11.5 Å². The van der Waals surface area contributed by atoms with E-state index in [0.29, 0.717) is 16.9 Å². The first kappa shape index (κ1) is 11.3. The van der Waals surface area contributed by atoms with Crippen molar-refractivity contribution in [1.29, 1.82) is 0 Å². The molecule has 0 radical (unpaired) electrons. The Morgan fingerprint density at radius 3 is 2.68 bits per heavy atom. The van der Waals surface area contributed by atoms with Gasteiger partial charge in [-0.05, 0) is 18.2 Å². The van der Waals surface area contributed by atoms with Crippen molar-refractivity contribution in [2.24, 2.45) is 5.73 Å². The molecule has 0 aliphatic rings. The molecule has 0 unspecified atom stereocenters. The zero-order valence-corrected chi connectivity index (χ0v) is 10.1. The number of amides is 1. The zero-order valence-electron chi connectivity index (χ0n) is 10.1. The largest absolute Gasteiger partial charge is 0.396 e. The van der Waals surface area contributed by atoms with E-state index in [0.717, 1.165) is 10.9 Å². The summed E-state index contributed by atoms with van der Waals surface area (Å²) in [5.74, 6) is -0.546. The van der Waals surface area contributed by atoms with Crippen molar-refractivity contribution in [1.82, 2.24) is 9.78 Å². The van der Waals surface area contributed by atoms with E-state index in [2.05, 4.69) is 5.10 Å². The van der Waals surface area contributed by atoms with Crippen LogP contribution in [-0.4, -0.2) is 15.7 Å². The van der Waals surface area contributed by atoms with E-state index in [1.54, 1.807) is 29.1 Å². The van der Waals surface area contributed by atoms with Crippen LogP contribution in [0.3, 0.4) is 0 Å². The Labute approximate surface area is 109 Å². The molecule has 3 aromatic rings. The van der Waals surface area contributed by atoms with Crippen molar-refractivity contribution in [2.45, 2.75) is 0 Å². The Hall–Kier alpha value is -2.82. The summed E-state index contributed by atoms with van der Waals surface area (Å²) in [5, 5.41) is 5.32. The first-order valence-electron chi connectivity index (χ1n) is 5.80. The maximum atomic E-state index is 11.3. The third-order valence-electron chi connectivity index (χ3n) is 3.05. The van der Waals surface area contributed by atoms with Crippen molar-refractivity contribution in [3.63, 3.8) is 0 Å². The molecular formula is C14H12N4O. The molecule has 19 heavy (non-hydrogen) atoms. The normalized spacial score (nSPS) is 10.7. The number of anilines is 1. The smallest absolute Gasteiger partial charge is 0.250 e. The van der Waals surface area contributed by atoms with Gasteiger partial charge in [0.25, 0.3) is 5.91 Å². The Bertz CT molecular complexity index is 776. The molecule has 94 valence electrons. The van der Waals surface area contributed by atoms with Gasteiger partial charge in [-0.1, -0.05) is 24.3 Å². The Balaban J connectivity index is 2.28. The van der Waals surface area contributed by atoms with Crippen LogP contribution in [0.4, 0.5) is 5.69 Å². The second kappa shape index (κ2) is 4.13. The van der Waals surface area contributed by atoms with Crippen LogP contribution in [0, 0.1) is 0 Å². The Morgan fingerprint density at radius 2 is 1.89 bits per heavy atom. The van der Waals surface area contributed by atoms with Gasteiger partial charge in [-0.3, -0.25) is 4.79 Å². The fourth-order valence-electron chi connectivity index (χ4n) is 2.12. The summed E-state index contributed by atoms with van der Waals surface area (Å²) in [6, 6.07) is 12.9. The van der Waals surface area contributed by atoms with Crippen molar-refractivity contribution in [2.75, 3.05) is 5.73 Å². The number of carbonyl (C=O) groups is 1. The summed E-state index contributed by atoms with van der Waals surface area (Å²) in [6.07, 6.45) is 1.76. The van der Waals surface area contributed by atoms with E-state index in [9.17, 15) is 4.79 Å². The minimum Gasteiger partial charge on any atom is -0.396 e. The number of nitrogens with two attached hydrogens (primary N) is 2. The number of nitrogen functional groups attached to an aromatic ring is 1. The van der Waals surface area contributed by atoms with E-state index in [4.69, 9.17) is 11.5 Å². The van der Waals surface area contributed by atoms with Gasteiger partial charge < -0.3 is 11.5 Å². The van der Waals surface area contributed by atoms with Gasteiger partial charge in [0, 0.05) is 5.39 Å². The van der Waals surface area contributed by atoms with Gasteiger partial charge in [-0.15, -0.1) is 0 Å². The number of fused-ring (bicyclic) bond motifs is 1. The Kier molecular flexibility index (Phi) is 2.45. The van der Waals surface area contributed by atoms with Gasteiger partial charge >= 0.3 is 0 Å². The summed E-state index contributed by atoms with van der Waals surface area (Å²) in [4.78, 5) is 11.3. The van der Waals surface area contributed by atoms with Crippen LogP contribution >= 0.6 is 0 Å². The Morgan fingerprint density at radius 1 is 1.11 bits per heavy atom. The number of rotatable bonds is 2. The predicted octanol–water partition coefficient (Wildman–Crippen LogP) is 1.71. The minimum absolute atomic E-state index is 0.303. The molecular weight excluding hydrogens is 240 g/mol. The number of carbonyl (C=O) groups excluding carboxylic acids is 1. The third-order valence-corrected chi connectivity index (χ3v) is 3.05. The first-order chi connectivity index (χ1) is 9.18. The molecule has 0 aliphatic carbocycles. The van der Waals surface area contributed by atoms with Crippen molar-refractivity contribution < 1.29 is 4.79 Å². The van der Waals surface area contributed by atoms with Crippen LogP contribution in [0.1, 0.15) is 10.4 Å². The van der Waals surface area contributed by atoms with Crippen LogP contribution in [0.5, 0.6) is 0 Å². The number of hydrogen-bond donors (Lipinski definition) is 2. The molecule has 0 bridgehead atoms. The highest BCUT2D eigenvalue weighted by Crippen LogP contribution is 2.24. The van der Waals surface area contributed by atoms with Crippen molar-refractivity contribution in [3.05, 3.63) is 54.2 Å². The standard InChI is InChI=1S/C14H12N4O/c15-13-10(14(16)19)5-3-7-12(13)18-11-6-2-1-4-9(11)8-17-18/h1-8H,15H2,(H2,16,19). The molecule has 0 fully saturated rings.